The second kappa shape index (κ2) is 11.8. The number of halogens is 3. The van der Waals surface area contributed by atoms with E-state index in [1.54, 1.807) is 24.3 Å². The van der Waals surface area contributed by atoms with Crippen LogP contribution in [0.15, 0.2) is 63.6 Å². The number of ether oxygens (including phenoxy) is 1. The lowest BCUT2D eigenvalue weighted by molar-refractivity contribution is -0.137. The van der Waals surface area contributed by atoms with Gasteiger partial charge in [-0.15, -0.1) is 11.3 Å². The molecule has 40 heavy (non-hydrogen) atoms. The quantitative estimate of drug-likeness (QED) is 0.119. The predicted molar refractivity (Wildman–Crippen MR) is 151 cm³/mol. The molecule has 1 N–H and O–H groups in total. The van der Waals surface area contributed by atoms with Gasteiger partial charge in [0.15, 0.2) is 5.16 Å². The number of nitrogens with one attached hydrogen (secondary N) is 1. The molecule has 208 valence electrons. The van der Waals surface area contributed by atoms with Gasteiger partial charge in [-0.25, -0.2) is 10.4 Å². The van der Waals surface area contributed by atoms with Gasteiger partial charge in [0, 0.05) is 4.88 Å². The zero-order valence-corrected chi connectivity index (χ0v) is 23.1. The zero-order valence-electron chi connectivity index (χ0n) is 21.5. The summed E-state index contributed by atoms with van der Waals surface area (Å²) in [6.45, 7) is 2.41. The maximum atomic E-state index is 13.8. The average molecular weight is 587 g/mol. The second-order valence-electron chi connectivity index (χ2n) is 9.05. The fraction of sp³-hybridized carbons (Fsp3) is 0.286. The van der Waals surface area contributed by atoms with Gasteiger partial charge in [-0.2, -0.15) is 18.3 Å². The van der Waals surface area contributed by atoms with E-state index in [2.05, 4.69) is 10.5 Å². The highest BCUT2D eigenvalue weighted by Gasteiger charge is 2.30. The fourth-order valence-electron chi connectivity index (χ4n) is 4.47. The Morgan fingerprint density at radius 1 is 1.15 bits per heavy atom. The van der Waals surface area contributed by atoms with Crippen molar-refractivity contribution in [3.05, 3.63) is 80.5 Å². The summed E-state index contributed by atoms with van der Waals surface area (Å²) in [6.07, 6.45) is 0.737. The third kappa shape index (κ3) is 6.07. The van der Waals surface area contributed by atoms with Crippen molar-refractivity contribution in [3.8, 4) is 11.4 Å². The summed E-state index contributed by atoms with van der Waals surface area (Å²) < 4.78 is 45.3. The minimum absolute atomic E-state index is 0.0790. The van der Waals surface area contributed by atoms with Crippen LogP contribution in [0.25, 0.3) is 15.9 Å². The first kappa shape index (κ1) is 27.9. The van der Waals surface area contributed by atoms with Crippen molar-refractivity contribution in [1.29, 1.82) is 0 Å². The third-order valence-corrected chi connectivity index (χ3v) is 8.46. The van der Waals surface area contributed by atoms with Crippen LogP contribution in [0.5, 0.6) is 5.75 Å². The molecule has 0 fully saturated rings. The Bertz CT molecular complexity index is 1610. The van der Waals surface area contributed by atoms with Gasteiger partial charge in [-0.3, -0.25) is 14.2 Å². The van der Waals surface area contributed by atoms with E-state index in [1.165, 1.54) is 39.1 Å². The van der Waals surface area contributed by atoms with Crippen LogP contribution in [0.2, 0.25) is 0 Å². The lowest BCUT2D eigenvalue weighted by Crippen LogP contribution is -2.24. The number of thiophene rings is 1. The minimum Gasteiger partial charge on any atom is -0.494 e. The number of carbonyl (C=O) groups is 1. The molecular formula is C28H25F3N4O3S2. The average Bonchev–Trinajstić information content (AvgIpc) is 3.31. The molecule has 7 nitrogen and oxygen atoms in total. The molecule has 0 saturated heterocycles. The molecule has 4 aromatic rings. The first-order chi connectivity index (χ1) is 19.2. The number of hydrogen-bond acceptors (Lipinski definition) is 7. The normalized spacial score (nSPS) is 13.5. The van der Waals surface area contributed by atoms with Crippen LogP contribution in [0.4, 0.5) is 13.2 Å². The van der Waals surface area contributed by atoms with Crippen LogP contribution < -0.4 is 15.7 Å². The van der Waals surface area contributed by atoms with E-state index >= 15 is 0 Å². The van der Waals surface area contributed by atoms with Gasteiger partial charge in [-0.05, 0) is 80.1 Å². The smallest absolute Gasteiger partial charge is 0.416 e. The van der Waals surface area contributed by atoms with Crippen molar-refractivity contribution in [3.63, 3.8) is 0 Å². The van der Waals surface area contributed by atoms with Crippen LogP contribution in [0, 0.1) is 0 Å². The molecule has 5 rings (SSSR count). The van der Waals surface area contributed by atoms with Gasteiger partial charge in [0.2, 0.25) is 0 Å². The number of aryl methyl sites for hydroxylation is 2. The molecular weight excluding hydrogens is 561 g/mol. The summed E-state index contributed by atoms with van der Waals surface area (Å²) in [5.74, 6) is 0.150. The molecule has 1 amide bonds. The Balaban J connectivity index is 1.37. The van der Waals surface area contributed by atoms with E-state index in [9.17, 15) is 22.8 Å². The maximum Gasteiger partial charge on any atom is 0.416 e. The number of fused-ring (bicyclic) bond motifs is 3. The molecule has 0 spiro atoms. The van der Waals surface area contributed by atoms with Crippen molar-refractivity contribution < 1.29 is 22.7 Å². The number of carbonyl (C=O) groups excluding carboxylic acids is 1. The van der Waals surface area contributed by atoms with Gasteiger partial charge in [0.1, 0.15) is 10.6 Å². The number of benzene rings is 2. The third-order valence-electron chi connectivity index (χ3n) is 6.34. The zero-order chi connectivity index (χ0) is 28.3. The van der Waals surface area contributed by atoms with Crippen LogP contribution in [0.3, 0.4) is 0 Å². The number of nitrogens with zero attached hydrogens (tertiary/aromatic N) is 3. The van der Waals surface area contributed by atoms with E-state index in [-0.39, 0.29) is 11.3 Å². The lowest BCUT2D eigenvalue weighted by atomic mass is 9.97. The van der Waals surface area contributed by atoms with E-state index in [4.69, 9.17) is 9.72 Å². The number of rotatable bonds is 8. The van der Waals surface area contributed by atoms with Crippen molar-refractivity contribution in [2.75, 3.05) is 12.4 Å². The molecule has 2 heterocycles. The van der Waals surface area contributed by atoms with Crippen LogP contribution in [-0.4, -0.2) is 34.0 Å². The molecule has 0 radical (unpaired) electrons. The number of hydrogen-bond donors (Lipinski definition) is 1. The molecule has 2 aromatic carbocycles. The van der Waals surface area contributed by atoms with E-state index in [1.807, 2.05) is 6.92 Å². The van der Waals surface area contributed by atoms with Crippen LogP contribution in [0.1, 0.15) is 41.3 Å². The van der Waals surface area contributed by atoms with Crippen LogP contribution in [-0.2, 0) is 23.8 Å². The topological polar surface area (TPSA) is 85.6 Å². The molecule has 12 heteroatoms. The number of thioether (sulfide) groups is 1. The molecule has 0 saturated carbocycles. The van der Waals surface area contributed by atoms with Crippen molar-refractivity contribution in [2.45, 2.75) is 43.9 Å². The molecule has 0 atom stereocenters. The SMILES string of the molecule is CCOc1ccc(-n2c(SCC(=O)NN=Cc3ccc(C(F)(F)F)cc3)nc3sc4c(c3c2=O)CCCC4)cc1. The number of alkyl halides is 3. The van der Waals surface area contributed by atoms with E-state index in [0.29, 0.717) is 39.0 Å². The highest BCUT2D eigenvalue weighted by molar-refractivity contribution is 7.99. The molecule has 1 aliphatic rings. The fourth-order valence-corrected chi connectivity index (χ4v) is 6.58. The molecule has 2 aromatic heterocycles. The van der Waals surface area contributed by atoms with Gasteiger partial charge >= 0.3 is 6.18 Å². The van der Waals surface area contributed by atoms with Gasteiger partial charge in [0.25, 0.3) is 11.5 Å². The van der Waals surface area contributed by atoms with E-state index in [0.717, 1.165) is 55.1 Å². The summed E-state index contributed by atoms with van der Waals surface area (Å²) in [4.78, 5) is 33.1. The Hall–Kier alpha value is -3.64. The van der Waals surface area contributed by atoms with Crippen LogP contribution >= 0.6 is 23.1 Å². The Kier molecular flexibility index (Phi) is 8.27. The summed E-state index contributed by atoms with van der Waals surface area (Å²) in [6, 6.07) is 11.6. The van der Waals surface area contributed by atoms with E-state index < -0.39 is 17.6 Å². The Morgan fingerprint density at radius 3 is 2.58 bits per heavy atom. The largest absolute Gasteiger partial charge is 0.494 e. The van der Waals surface area contributed by atoms with Gasteiger partial charge < -0.3 is 4.74 Å². The summed E-state index contributed by atoms with van der Waals surface area (Å²) in [5, 5.41) is 4.86. The maximum absolute atomic E-state index is 13.8. The first-order valence-corrected chi connectivity index (χ1v) is 14.5. The van der Waals surface area contributed by atoms with Gasteiger partial charge in [0.05, 0.1) is 35.2 Å². The Labute approximate surface area is 236 Å². The monoisotopic (exact) mass is 586 g/mol. The molecule has 0 unspecified atom stereocenters. The molecule has 0 bridgehead atoms. The number of hydrazone groups is 1. The standard InChI is InChI=1S/C28H25F3N4O3S2/c1-2-38-20-13-11-19(12-14-20)35-26(37)24-21-5-3-4-6-22(21)40-25(24)33-27(35)39-16-23(36)34-32-15-17-7-9-18(10-8-17)28(29,30)31/h7-15H,2-6,16H2,1H3,(H,34,36). The highest BCUT2D eigenvalue weighted by atomic mass is 32.2. The van der Waals surface area contributed by atoms with Crippen molar-refractivity contribution in [2.24, 2.45) is 5.10 Å². The molecule has 1 aliphatic carbocycles. The van der Waals surface area contributed by atoms with Crippen molar-refractivity contribution >= 4 is 45.4 Å². The number of amides is 1. The van der Waals surface area contributed by atoms with Crippen molar-refractivity contribution in [1.82, 2.24) is 15.0 Å². The molecule has 0 aliphatic heterocycles. The first-order valence-electron chi connectivity index (χ1n) is 12.7. The highest BCUT2D eigenvalue weighted by Crippen LogP contribution is 2.35. The second-order valence-corrected chi connectivity index (χ2v) is 11.1. The van der Waals surface area contributed by atoms with Gasteiger partial charge in [-0.1, -0.05) is 23.9 Å². The number of aromatic nitrogens is 2. The lowest BCUT2D eigenvalue weighted by Gasteiger charge is -2.14. The predicted octanol–water partition coefficient (Wildman–Crippen LogP) is 5.99. The minimum atomic E-state index is -4.42. The Morgan fingerprint density at radius 2 is 1.88 bits per heavy atom. The summed E-state index contributed by atoms with van der Waals surface area (Å²) in [5.41, 5.74) is 3.54. The summed E-state index contributed by atoms with van der Waals surface area (Å²) in [7, 11) is 0. The summed E-state index contributed by atoms with van der Waals surface area (Å²) >= 11 is 2.64.